The zero-order valence-corrected chi connectivity index (χ0v) is 17.5. The number of hydrogen-bond donors (Lipinski definition) is 1. The lowest BCUT2D eigenvalue weighted by Crippen LogP contribution is -2.39. The fourth-order valence-electron chi connectivity index (χ4n) is 2.74. The number of benzene rings is 1. The van der Waals surface area contributed by atoms with Crippen molar-refractivity contribution in [1.29, 1.82) is 0 Å². The van der Waals surface area contributed by atoms with Gasteiger partial charge in [-0.15, -0.1) is 0 Å². The minimum atomic E-state index is -0.509. The summed E-state index contributed by atoms with van der Waals surface area (Å²) in [5, 5.41) is 2.13. The summed E-state index contributed by atoms with van der Waals surface area (Å²) in [6, 6.07) is 8.71. The van der Waals surface area contributed by atoms with E-state index in [9.17, 15) is 14.4 Å². The van der Waals surface area contributed by atoms with Crippen LogP contribution in [0.3, 0.4) is 0 Å². The van der Waals surface area contributed by atoms with Crippen molar-refractivity contribution in [2.24, 2.45) is 0 Å². The Bertz CT molecular complexity index is 954. The van der Waals surface area contributed by atoms with Crippen LogP contribution in [-0.2, 0) is 16.1 Å². The molecule has 3 amide bonds. The van der Waals surface area contributed by atoms with Gasteiger partial charge in [0.25, 0.3) is 11.1 Å². The standard InChI is InChI=1S/C21H22N2O6S/c1-3-27-16-8-7-14(10-17(16)28-4-2)11-18-20(25)23(21(26)30-18)13-19(24)22-12-15-6-5-9-29-15/h5-11H,3-4,12-13H2,1-2H3,(H,22,24)/b18-11-. The minimum absolute atomic E-state index is 0.185. The molecule has 0 radical (unpaired) electrons. The number of amides is 3. The van der Waals surface area contributed by atoms with E-state index in [0.717, 1.165) is 16.7 Å². The summed E-state index contributed by atoms with van der Waals surface area (Å²) >= 11 is 0.796. The highest BCUT2D eigenvalue weighted by atomic mass is 32.2. The molecule has 1 N–H and O–H groups in total. The first-order valence-corrected chi connectivity index (χ1v) is 10.3. The number of ether oxygens (including phenoxy) is 2. The molecule has 0 bridgehead atoms. The maximum absolute atomic E-state index is 12.6. The Morgan fingerprint density at radius 2 is 1.93 bits per heavy atom. The van der Waals surface area contributed by atoms with Crippen molar-refractivity contribution in [2.75, 3.05) is 19.8 Å². The molecule has 0 atom stereocenters. The summed E-state index contributed by atoms with van der Waals surface area (Å²) in [6.45, 7) is 4.54. The molecule has 1 saturated heterocycles. The second-order valence-corrected chi connectivity index (χ2v) is 7.19. The highest BCUT2D eigenvalue weighted by Gasteiger charge is 2.36. The Kier molecular flexibility index (Phi) is 7.18. The third kappa shape index (κ3) is 5.24. The number of furan rings is 1. The van der Waals surface area contributed by atoms with Crippen LogP contribution >= 0.6 is 11.8 Å². The van der Waals surface area contributed by atoms with E-state index >= 15 is 0 Å². The Balaban J connectivity index is 1.68. The molecule has 158 valence electrons. The van der Waals surface area contributed by atoms with E-state index in [1.54, 1.807) is 36.4 Å². The molecule has 0 unspecified atom stereocenters. The van der Waals surface area contributed by atoms with Gasteiger partial charge in [-0.25, -0.2) is 0 Å². The van der Waals surface area contributed by atoms with Crippen molar-refractivity contribution in [3.8, 4) is 11.5 Å². The van der Waals surface area contributed by atoms with Gasteiger partial charge in [0.15, 0.2) is 11.5 Å². The summed E-state index contributed by atoms with van der Waals surface area (Å²) in [5.41, 5.74) is 0.690. The number of thioether (sulfide) groups is 1. The largest absolute Gasteiger partial charge is 0.490 e. The van der Waals surface area contributed by atoms with E-state index in [-0.39, 0.29) is 18.0 Å². The van der Waals surface area contributed by atoms with Crippen LogP contribution in [0, 0.1) is 0 Å². The lowest BCUT2D eigenvalue weighted by molar-refractivity contribution is -0.129. The van der Waals surface area contributed by atoms with E-state index in [4.69, 9.17) is 13.9 Å². The fourth-order valence-corrected chi connectivity index (χ4v) is 3.58. The van der Waals surface area contributed by atoms with E-state index in [1.807, 2.05) is 13.8 Å². The summed E-state index contributed by atoms with van der Waals surface area (Å²) in [5.74, 6) is 0.792. The number of nitrogens with zero attached hydrogens (tertiary/aromatic N) is 1. The van der Waals surface area contributed by atoms with Crippen molar-refractivity contribution in [3.05, 3.63) is 52.8 Å². The van der Waals surface area contributed by atoms with Gasteiger partial charge in [0, 0.05) is 0 Å². The first kappa shape index (κ1) is 21.5. The first-order valence-electron chi connectivity index (χ1n) is 9.46. The second kappa shape index (κ2) is 10.0. The van der Waals surface area contributed by atoms with Crippen LogP contribution < -0.4 is 14.8 Å². The second-order valence-electron chi connectivity index (χ2n) is 6.20. The van der Waals surface area contributed by atoms with Gasteiger partial charge < -0.3 is 19.2 Å². The third-order valence-electron chi connectivity index (χ3n) is 4.08. The van der Waals surface area contributed by atoms with Gasteiger partial charge in [-0.05, 0) is 61.5 Å². The maximum Gasteiger partial charge on any atom is 0.294 e. The Morgan fingerprint density at radius 3 is 2.63 bits per heavy atom. The van der Waals surface area contributed by atoms with Gasteiger partial charge >= 0.3 is 0 Å². The van der Waals surface area contributed by atoms with Crippen LogP contribution in [0.4, 0.5) is 4.79 Å². The average Bonchev–Trinajstić information content (AvgIpc) is 3.33. The van der Waals surface area contributed by atoms with Crippen LogP contribution in [0.2, 0.25) is 0 Å². The summed E-state index contributed by atoms with van der Waals surface area (Å²) < 4.78 is 16.3. The highest BCUT2D eigenvalue weighted by molar-refractivity contribution is 8.18. The van der Waals surface area contributed by atoms with Crippen molar-refractivity contribution in [2.45, 2.75) is 20.4 Å². The molecule has 1 aromatic carbocycles. The molecule has 1 aromatic heterocycles. The molecule has 0 aliphatic carbocycles. The Hall–Kier alpha value is -3.20. The van der Waals surface area contributed by atoms with E-state index in [2.05, 4.69) is 5.32 Å². The Morgan fingerprint density at radius 1 is 1.17 bits per heavy atom. The van der Waals surface area contributed by atoms with Crippen LogP contribution in [-0.4, -0.2) is 41.7 Å². The number of carbonyl (C=O) groups excluding carboxylic acids is 3. The van der Waals surface area contributed by atoms with Crippen LogP contribution in [0.5, 0.6) is 11.5 Å². The van der Waals surface area contributed by atoms with Crippen LogP contribution in [0.15, 0.2) is 45.9 Å². The lowest BCUT2D eigenvalue weighted by Gasteiger charge is -2.12. The summed E-state index contributed by atoms with van der Waals surface area (Å²) in [4.78, 5) is 38.1. The van der Waals surface area contributed by atoms with Gasteiger partial charge in [0.05, 0.1) is 30.9 Å². The third-order valence-corrected chi connectivity index (χ3v) is 4.99. The van der Waals surface area contributed by atoms with E-state index in [1.165, 1.54) is 6.26 Å². The molecule has 1 aliphatic rings. The van der Waals surface area contributed by atoms with Gasteiger partial charge in [-0.1, -0.05) is 6.07 Å². The molecule has 30 heavy (non-hydrogen) atoms. The molecule has 1 fully saturated rings. The van der Waals surface area contributed by atoms with Gasteiger partial charge in [-0.3, -0.25) is 19.3 Å². The predicted molar refractivity (Wildman–Crippen MR) is 112 cm³/mol. The van der Waals surface area contributed by atoms with Crippen molar-refractivity contribution in [1.82, 2.24) is 10.2 Å². The molecular formula is C21H22N2O6S. The molecule has 0 saturated carbocycles. The fraction of sp³-hybridized carbons (Fsp3) is 0.286. The minimum Gasteiger partial charge on any atom is -0.490 e. The monoisotopic (exact) mass is 430 g/mol. The topological polar surface area (TPSA) is 98.1 Å². The molecular weight excluding hydrogens is 408 g/mol. The average molecular weight is 430 g/mol. The molecule has 0 spiro atoms. The number of imide groups is 1. The number of nitrogens with one attached hydrogen (secondary N) is 1. The van der Waals surface area contributed by atoms with Gasteiger partial charge in [0.1, 0.15) is 12.3 Å². The SMILES string of the molecule is CCOc1ccc(/C=C2\SC(=O)N(CC(=O)NCc3ccco3)C2=O)cc1OCC. The summed E-state index contributed by atoms with van der Waals surface area (Å²) in [6.07, 6.45) is 3.10. The maximum atomic E-state index is 12.6. The van der Waals surface area contributed by atoms with Gasteiger partial charge in [0.2, 0.25) is 5.91 Å². The van der Waals surface area contributed by atoms with E-state index in [0.29, 0.717) is 36.0 Å². The predicted octanol–water partition coefficient (Wildman–Crippen LogP) is 3.43. The highest BCUT2D eigenvalue weighted by Crippen LogP contribution is 2.34. The van der Waals surface area contributed by atoms with Crippen molar-refractivity contribution in [3.63, 3.8) is 0 Å². The zero-order chi connectivity index (χ0) is 21.5. The number of rotatable bonds is 9. The smallest absolute Gasteiger partial charge is 0.294 e. The van der Waals surface area contributed by atoms with E-state index < -0.39 is 17.1 Å². The molecule has 2 heterocycles. The lowest BCUT2D eigenvalue weighted by atomic mass is 10.2. The van der Waals surface area contributed by atoms with Crippen molar-refractivity contribution < 1.29 is 28.3 Å². The molecule has 2 aromatic rings. The molecule has 1 aliphatic heterocycles. The van der Waals surface area contributed by atoms with Crippen LogP contribution in [0.1, 0.15) is 25.2 Å². The summed E-state index contributed by atoms with van der Waals surface area (Å²) in [7, 11) is 0. The Labute approximate surface area is 178 Å². The number of hydrogen-bond acceptors (Lipinski definition) is 7. The molecule has 8 nitrogen and oxygen atoms in total. The quantitative estimate of drug-likeness (QED) is 0.609. The zero-order valence-electron chi connectivity index (χ0n) is 16.7. The molecule has 3 rings (SSSR count). The normalized spacial score (nSPS) is 15.0. The first-order chi connectivity index (χ1) is 14.5. The van der Waals surface area contributed by atoms with Crippen molar-refractivity contribution >= 4 is 34.9 Å². The van der Waals surface area contributed by atoms with Gasteiger partial charge in [-0.2, -0.15) is 0 Å². The number of carbonyl (C=O) groups is 3. The molecule has 9 heteroatoms. The van der Waals surface area contributed by atoms with Crippen LogP contribution in [0.25, 0.3) is 6.08 Å².